The molecule has 0 aliphatic carbocycles. The van der Waals surface area contributed by atoms with Gasteiger partial charge in [-0.2, -0.15) is 4.31 Å². The summed E-state index contributed by atoms with van der Waals surface area (Å²) in [5.74, 6) is 0.940. The highest BCUT2D eigenvalue weighted by molar-refractivity contribution is 7.89. The zero-order valence-corrected chi connectivity index (χ0v) is 19.3. The molecule has 0 radical (unpaired) electrons. The van der Waals surface area contributed by atoms with Crippen molar-refractivity contribution in [1.82, 2.24) is 23.9 Å². The van der Waals surface area contributed by atoms with Crippen molar-refractivity contribution in [1.29, 1.82) is 0 Å². The van der Waals surface area contributed by atoms with Crippen molar-refractivity contribution in [2.24, 2.45) is 0 Å². The van der Waals surface area contributed by atoms with Crippen molar-refractivity contribution in [3.05, 3.63) is 53.2 Å². The fourth-order valence-electron chi connectivity index (χ4n) is 4.27. The van der Waals surface area contributed by atoms with E-state index in [-0.39, 0.29) is 12.4 Å². The van der Waals surface area contributed by atoms with E-state index < -0.39 is 15.3 Å². The summed E-state index contributed by atoms with van der Waals surface area (Å²) in [6, 6.07) is 3.09. The molecule has 174 valence electrons. The van der Waals surface area contributed by atoms with Gasteiger partial charge in [-0.15, -0.1) is 10.2 Å². The number of nitrogens with zero attached hydrogens (tertiary/aromatic N) is 5. The number of hydrogen-bond acceptors (Lipinski definition) is 7. The third kappa shape index (κ3) is 3.84. The molecule has 11 heteroatoms. The van der Waals surface area contributed by atoms with E-state index in [0.29, 0.717) is 49.7 Å². The smallest absolute Gasteiger partial charge is 0.216 e. The van der Waals surface area contributed by atoms with Crippen LogP contribution in [0.1, 0.15) is 37.0 Å². The molecule has 2 aromatic heterocycles. The average Bonchev–Trinajstić information content (AvgIpc) is 3.48. The van der Waals surface area contributed by atoms with Crippen LogP contribution < -0.4 is 10.1 Å². The highest BCUT2D eigenvalue weighted by Gasteiger charge is 2.28. The number of anilines is 1. The van der Waals surface area contributed by atoms with E-state index in [4.69, 9.17) is 4.74 Å². The molecule has 5 rings (SSSR count). The van der Waals surface area contributed by atoms with Gasteiger partial charge in [-0.05, 0) is 38.0 Å². The summed E-state index contributed by atoms with van der Waals surface area (Å²) in [4.78, 5) is 4.53. The Morgan fingerprint density at radius 3 is 2.88 bits per heavy atom. The topological polar surface area (TPSA) is 102 Å². The minimum Gasteiger partial charge on any atom is -0.493 e. The third-order valence-corrected chi connectivity index (χ3v) is 8.41. The molecule has 0 amide bonds. The lowest BCUT2D eigenvalue weighted by Crippen LogP contribution is -2.39. The molecule has 0 atom stereocenters. The minimum atomic E-state index is -3.30. The average molecular weight is 473 g/mol. The number of aromatic nitrogens is 4. The van der Waals surface area contributed by atoms with Crippen LogP contribution in [0, 0.1) is 5.82 Å². The van der Waals surface area contributed by atoms with Crippen molar-refractivity contribution in [2.75, 3.05) is 25.0 Å². The lowest BCUT2D eigenvalue weighted by Gasteiger charge is -2.27. The van der Waals surface area contributed by atoms with Crippen LogP contribution >= 0.6 is 0 Å². The Hall–Kier alpha value is -3.05. The molecule has 0 bridgehead atoms. The largest absolute Gasteiger partial charge is 0.493 e. The summed E-state index contributed by atoms with van der Waals surface area (Å²) in [5, 5.41) is 11.0. The molecular formula is C22H25FN6O3S. The monoisotopic (exact) mass is 472 g/mol. The van der Waals surface area contributed by atoms with Crippen LogP contribution in [0.4, 0.5) is 10.3 Å². The van der Waals surface area contributed by atoms with E-state index in [1.54, 1.807) is 36.8 Å². The summed E-state index contributed by atoms with van der Waals surface area (Å²) in [6.45, 7) is 4.91. The summed E-state index contributed by atoms with van der Waals surface area (Å²) in [7, 11) is -3.30. The Bertz CT molecular complexity index is 1350. The first-order valence-corrected chi connectivity index (χ1v) is 12.4. The molecular weight excluding hydrogens is 447 g/mol. The van der Waals surface area contributed by atoms with E-state index in [1.165, 1.54) is 10.4 Å². The Labute approximate surface area is 191 Å². The second-order valence-corrected chi connectivity index (χ2v) is 10.9. The molecule has 9 nitrogen and oxygen atoms in total. The van der Waals surface area contributed by atoms with Crippen LogP contribution in [-0.2, 0) is 23.0 Å². The van der Waals surface area contributed by atoms with E-state index in [0.717, 1.165) is 22.4 Å². The molecule has 1 N–H and O–H groups in total. The van der Waals surface area contributed by atoms with Crippen molar-refractivity contribution in [2.45, 2.75) is 38.5 Å². The maximum atomic E-state index is 14.5. The van der Waals surface area contributed by atoms with Gasteiger partial charge < -0.3 is 10.1 Å². The normalized spacial score (nSPS) is 16.7. The number of rotatable bonds is 6. The molecule has 2 aliphatic rings. The Balaban J connectivity index is 1.39. The van der Waals surface area contributed by atoms with Gasteiger partial charge >= 0.3 is 0 Å². The predicted molar refractivity (Wildman–Crippen MR) is 122 cm³/mol. The summed E-state index contributed by atoms with van der Waals surface area (Å²) >= 11 is 0. The van der Waals surface area contributed by atoms with Crippen molar-refractivity contribution < 1.29 is 17.5 Å². The fraction of sp³-hybridized carbons (Fsp3) is 0.409. The van der Waals surface area contributed by atoms with Gasteiger partial charge in [0.25, 0.3) is 0 Å². The lowest BCUT2D eigenvalue weighted by molar-refractivity contribution is 0.356. The van der Waals surface area contributed by atoms with Crippen LogP contribution in [0.25, 0.3) is 11.2 Å². The van der Waals surface area contributed by atoms with E-state index in [2.05, 4.69) is 20.5 Å². The summed E-state index contributed by atoms with van der Waals surface area (Å²) in [5.41, 5.74) is 3.85. The van der Waals surface area contributed by atoms with Gasteiger partial charge in [-0.1, -0.05) is 6.08 Å². The first-order chi connectivity index (χ1) is 15.9. The van der Waals surface area contributed by atoms with E-state index >= 15 is 0 Å². The quantitative estimate of drug-likeness (QED) is 0.588. The van der Waals surface area contributed by atoms with Gasteiger partial charge in [0.15, 0.2) is 5.65 Å². The number of sulfonamides is 1. The molecule has 0 unspecified atom stereocenters. The zero-order chi connectivity index (χ0) is 23.2. The van der Waals surface area contributed by atoms with Gasteiger partial charge in [0, 0.05) is 48.9 Å². The molecule has 4 heterocycles. The number of benzene rings is 1. The summed E-state index contributed by atoms with van der Waals surface area (Å²) < 4.78 is 48.1. The van der Waals surface area contributed by atoms with E-state index in [9.17, 15) is 12.8 Å². The number of halogens is 1. The molecule has 0 fully saturated rings. The molecule has 1 aromatic carbocycles. The van der Waals surface area contributed by atoms with Gasteiger partial charge in [-0.25, -0.2) is 17.8 Å². The molecule has 0 saturated carbocycles. The van der Waals surface area contributed by atoms with Crippen LogP contribution in [-0.4, -0.2) is 57.3 Å². The molecule has 3 aromatic rings. The van der Waals surface area contributed by atoms with Crippen LogP contribution in [0.3, 0.4) is 0 Å². The summed E-state index contributed by atoms with van der Waals surface area (Å²) in [6.07, 6.45) is 6.41. The van der Waals surface area contributed by atoms with E-state index in [1.807, 2.05) is 6.08 Å². The number of nitrogens with one attached hydrogen (secondary N) is 1. The Kier molecular flexibility index (Phi) is 5.53. The minimum absolute atomic E-state index is 0.253. The van der Waals surface area contributed by atoms with Crippen LogP contribution in [0.2, 0.25) is 0 Å². The highest BCUT2D eigenvalue weighted by Crippen LogP contribution is 2.31. The predicted octanol–water partition coefficient (Wildman–Crippen LogP) is 2.64. The molecule has 0 spiro atoms. The molecule has 33 heavy (non-hydrogen) atoms. The number of fused-ring (bicyclic) bond motifs is 2. The second-order valence-electron chi connectivity index (χ2n) is 8.41. The van der Waals surface area contributed by atoms with Crippen molar-refractivity contribution in [3.8, 4) is 5.75 Å². The first kappa shape index (κ1) is 21.8. The molecule has 2 aliphatic heterocycles. The fourth-order valence-corrected chi connectivity index (χ4v) is 5.50. The zero-order valence-electron chi connectivity index (χ0n) is 18.5. The van der Waals surface area contributed by atoms with Gasteiger partial charge in [-0.3, -0.25) is 4.40 Å². The maximum Gasteiger partial charge on any atom is 0.216 e. The van der Waals surface area contributed by atoms with Gasteiger partial charge in [0.05, 0.1) is 11.9 Å². The molecule has 0 saturated heterocycles. The SMILES string of the molecule is CC(C)S(=O)(=O)N1CC=C(c2cnc(NCc3c(F)ccc4c3CCO4)n3cnnc23)CC1. The number of hydrogen-bond donors (Lipinski definition) is 1. The van der Waals surface area contributed by atoms with Crippen LogP contribution in [0.15, 0.2) is 30.7 Å². The highest BCUT2D eigenvalue weighted by atomic mass is 32.2. The third-order valence-electron chi connectivity index (χ3n) is 6.17. The Morgan fingerprint density at radius 1 is 1.27 bits per heavy atom. The second kappa shape index (κ2) is 8.38. The maximum absolute atomic E-state index is 14.5. The van der Waals surface area contributed by atoms with Crippen LogP contribution in [0.5, 0.6) is 5.75 Å². The van der Waals surface area contributed by atoms with Gasteiger partial charge in [0.2, 0.25) is 16.0 Å². The van der Waals surface area contributed by atoms with Gasteiger partial charge in [0.1, 0.15) is 17.9 Å². The first-order valence-electron chi connectivity index (χ1n) is 10.9. The van der Waals surface area contributed by atoms with Crippen molar-refractivity contribution >= 4 is 27.2 Å². The standard InChI is InChI=1S/C22H25FN6O3S/c1-14(2)33(30,31)28-8-5-15(6-9-28)17-11-24-22(29-13-26-27-21(17)29)25-12-18-16-7-10-32-20(16)4-3-19(18)23/h3-5,11,13-14H,6-10,12H2,1-2H3,(H,24,25). The van der Waals surface area contributed by atoms with Crippen molar-refractivity contribution in [3.63, 3.8) is 0 Å². The number of ether oxygens (including phenoxy) is 1. The Morgan fingerprint density at radius 2 is 2.12 bits per heavy atom. The lowest BCUT2D eigenvalue weighted by atomic mass is 10.0.